The fraction of sp³-hybridized carbons (Fsp3) is 0.500. The fourth-order valence-corrected chi connectivity index (χ4v) is 1.16. The number of nitriles is 1. The molecule has 0 saturated carbocycles. The van der Waals surface area contributed by atoms with Gasteiger partial charge < -0.3 is 5.32 Å². The first-order valence-electron chi connectivity index (χ1n) is 4.81. The minimum Gasteiger partial charge on any atom is -0.351 e. The molecule has 1 aromatic rings. The average molecular weight is 206 g/mol. The van der Waals surface area contributed by atoms with Gasteiger partial charge in [0.25, 0.3) is 0 Å². The molecule has 0 aliphatic rings. The molecular formula is C10H14N4O. The van der Waals surface area contributed by atoms with E-state index in [2.05, 4.69) is 10.4 Å². The molecule has 2 atom stereocenters. The van der Waals surface area contributed by atoms with Gasteiger partial charge in [0, 0.05) is 18.4 Å². The second-order valence-corrected chi connectivity index (χ2v) is 3.49. The summed E-state index contributed by atoms with van der Waals surface area (Å²) in [5, 5.41) is 15.3. The second-order valence-electron chi connectivity index (χ2n) is 3.49. The van der Waals surface area contributed by atoms with Gasteiger partial charge in [-0.15, -0.1) is 0 Å². The largest absolute Gasteiger partial charge is 0.351 e. The number of rotatable bonds is 4. The Morgan fingerprint density at radius 1 is 1.67 bits per heavy atom. The highest BCUT2D eigenvalue weighted by atomic mass is 16.1. The molecular weight excluding hydrogens is 192 g/mol. The molecule has 1 amide bonds. The SMILES string of the molecule is CC(Cn1cccn1)NC(=O)C(C)C#N. The Morgan fingerprint density at radius 3 is 2.93 bits per heavy atom. The molecule has 5 nitrogen and oxygen atoms in total. The van der Waals surface area contributed by atoms with E-state index in [1.54, 1.807) is 17.8 Å². The monoisotopic (exact) mass is 206 g/mol. The molecule has 0 bridgehead atoms. The van der Waals surface area contributed by atoms with Crippen molar-refractivity contribution >= 4 is 5.91 Å². The maximum absolute atomic E-state index is 11.3. The zero-order valence-corrected chi connectivity index (χ0v) is 8.84. The lowest BCUT2D eigenvalue weighted by Crippen LogP contribution is -2.38. The zero-order valence-electron chi connectivity index (χ0n) is 8.84. The van der Waals surface area contributed by atoms with Gasteiger partial charge in [0.15, 0.2) is 0 Å². The normalized spacial score (nSPS) is 13.9. The first-order chi connectivity index (χ1) is 7.13. The van der Waals surface area contributed by atoms with Gasteiger partial charge in [-0.3, -0.25) is 9.48 Å². The van der Waals surface area contributed by atoms with Crippen LogP contribution in [-0.2, 0) is 11.3 Å². The highest BCUT2D eigenvalue weighted by molar-refractivity contribution is 5.80. The Kier molecular flexibility index (Phi) is 3.86. The minimum atomic E-state index is -0.606. The Hall–Kier alpha value is -1.83. The summed E-state index contributed by atoms with van der Waals surface area (Å²) in [6, 6.07) is 3.69. The first-order valence-corrected chi connectivity index (χ1v) is 4.81. The maximum atomic E-state index is 11.3. The third-order valence-corrected chi connectivity index (χ3v) is 2.00. The Bertz CT molecular complexity index is 352. The highest BCUT2D eigenvalue weighted by Crippen LogP contribution is 1.95. The molecule has 0 fully saturated rings. The Labute approximate surface area is 88.7 Å². The van der Waals surface area contributed by atoms with Crippen LogP contribution < -0.4 is 5.32 Å². The van der Waals surface area contributed by atoms with Crippen LogP contribution in [0.3, 0.4) is 0 Å². The molecule has 0 aliphatic heterocycles. The summed E-state index contributed by atoms with van der Waals surface area (Å²) in [6.45, 7) is 4.07. The number of carbonyl (C=O) groups is 1. The number of hydrogen-bond donors (Lipinski definition) is 1. The third-order valence-electron chi connectivity index (χ3n) is 2.00. The number of amides is 1. The van der Waals surface area contributed by atoms with Crippen molar-refractivity contribution in [3.63, 3.8) is 0 Å². The summed E-state index contributed by atoms with van der Waals surface area (Å²) in [4.78, 5) is 11.3. The van der Waals surface area contributed by atoms with Gasteiger partial charge in [0.1, 0.15) is 5.92 Å². The van der Waals surface area contributed by atoms with E-state index in [9.17, 15) is 4.79 Å². The first kappa shape index (κ1) is 11.2. The lowest BCUT2D eigenvalue weighted by Gasteiger charge is -2.14. The standard InChI is InChI=1S/C10H14N4O/c1-8(6-11)10(15)13-9(2)7-14-5-3-4-12-14/h3-5,8-9H,7H2,1-2H3,(H,13,15). The van der Waals surface area contributed by atoms with Crippen LogP contribution >= 0.6 is 0 Å². The Morgan fingerprint density at radius 2 is 2.40 bits per heavy atom. The van der Waals surface area contributed by atoms with Crippen molar-refractivity contribution < 1.29 is 4.79 Å². The molecule has 0 saturated heterocycles. The summed E-state index contributed by atoms with van der Waals surface area (Å²) in [7, 11) is 0. The number of nitrogens with zero attached hydrogens (tertiary/aromatic N) is 3. The molecule has 1 rings (SSSR count). The van der Waals surface area contributed by atoms with Crippen LogP contribution in [0.15, 0.2) is 18.5 Å². The molecule has 80 valence electrons. The van der Waals surface area contributed by atoms with Crippen LogP contribution in [0.5, 0.6) is 0 Å². The lowest BCUT2D eigenvalue weighted by molar-refractivity contribution is -0.123. The predicted molar refractivity (Wildman–Crippen MR) is 54.6 cm³/mol. The van der Waals surface area contributed by atoms with E-state index in [1.165, 1.54) is 0 Å². The molecule has 1 heterocycles. The van der Waals surface area contributed by atoms with E-state index in [0.29, 0.717) is 6.54 Å². The van der Waals surface area contributed by atoms with Gasteiger partial charge in [-0.2, -0.15) is 10.4 Å². The smallest absolute Gasteiger partial charge is 0.237 e. The van der Waals surface area contributed by atoms with E-state index in [4.69, 9.17) is 5.26 Å². The van der Waals surface area contributed by atoms with Crippen molar-refractivity contribution in [2.24, 2.45) is 5.92 Å². The summed E-state index contributed by atoms with van der Waals surface area (Å²) >= 11 is 0. The number of carbonyl (C=O) groups excluding carboxylic acids is 1. The van der Waals surface area contributed by atoms with Gasteiger partial charge in [-0.05, 0) is 19.9 Å². The van der Waals surface area contributed by atoms with E-state index in [0.717, 1.165) is 0 Å². The van der Waals surface area contributed by atoms with Crippen molar-refractivity contribution in [1.82, 2.24) is 15.1 Å². The van der Waals surface area contributed by atoms with E-state index in [1.807, 2.05) is 25.3 Å². The van der Waals surface area contributed by atoms with E-state index in [-0.39, 0.29) is 11.9 Å². The summed E-state index contributed by atoms with van der Waals surface area (Å²) in [5.41, 5.74) is 0. The molecule has 0 spiro atoms. The molecule has 1 N–H and O–H groups in total. The van der Waals surface area contributed by atoms with Crippen molar-refractivity contribution in [3.8, 4) is 6.07 Å². The zero-order chi connectivity index (χ0) is 11.3. The van der Waals surface area contributed by atoms with E-state index >= 15 is 0 Å². The van der Waals surface area contributed by atoms with Crippen molar-refractivity contribution in [1.29, 1.82) is 5.26 Å². The van der Waals surface area contributed by atoms with Crippen LogP contribution in [-0.4, -0.2) is 21.7 Å². The van der Waals surface area contributed by atoms with Gasteiger partial charge in [-0.1, -0.05) is 0 Å². The quantitative estimate of drug-likeness (QED) is 0.781. The average Bonchev–Trinajstić information content (AvgIpc) is 2.68. The molecule has 2 unspecified atom stereocenters. The minimum absolute atomic E-state index is 0.0341. The fourth-order valence-electron chi connectivity index (χ4n) is 1.16. The molecule has 0 aromatic carbocycles. The second kappa shape index (κ2) is 5.15. The highest BCUT2D eigenvalue weighted by Gasteiger charge is 2.14. The number of hydrogen-bond acceptors (Lipinski definition) is 3. The maximum Gasteiger partial charge on any atom is 0.237 e. The van der Waals surface area contributed by atoms with Crippen LogP contribution in [0.2, 0.25) is 0 Å². The van der Waals surface area contributed by atoms with Gasteiger partial charge >= 0.3 is 0 Å². The Balaban J connectivity index is 2.40. The lowest BCUT2D eigenvalue weighted by atomic mass is 10.2. The van der Waals surface area contributed by atoms with E-state index < -0.39 is 5.92 Å². The third kappa shape index (κ3) is 3.43. The molecule has 0 radical (unpaired) electrons. The summed E-state index contributed by atoms with van der Waals surface area (Å²) < 4.78 is 1.74. The van der Waals surface area contributed by atoms with Gasteiger partial charge in [0.05, 0.1) is 12.6 Å². The number of nitrogens with one attached hydrogen (secondary N) is 1. The molecule has 5 heteroatoms. The van der Waals surface area contributed by atoms with Crippen molar-refractivity contribution in [3.05, 3.63) is 18.5 Å². The van der Waals surface area contributed by atoms with Gasteiger partial charge in [0.2, 0.25) is 5.91 Å². The summed E-state index contributed by atoms with van der Waals surface area (Å²) in [6.07, 6.45) is 3.52. The van der Waals surface area contributed by atoms with Crippen LogP contribution in [0.25, 0.3) is 0 Å². The van der Waals surface area contributed by atoms with Crippen LogP contribution in [0, 0.1) is 17.2 Å². The van der Waals surface area contributed by atoms with Crippen LogP contribution in [0.4, 0.5) is 0 Å². The van der Waals surface area contributed by atoms with Crippen molar-refractivity contribution in [2.45, 2.75) is 26.4 Å². The van der Waals surface area contributed by atoms with Crippen molar-refractivity contribution in [2.75, 3.05) is 0 Å². The molecule has 0 aliphatic carbocycles. The molecule has 15 heavy (non-hydrogen) atoms. The van der Waals surface area contributed by atoms with Crippen LogP contribution in [0.1, 0.15) is 13.8 Å². The summed E-state index contributed by atoms with van der Waals surface area (Å²) in [5.74, 6) is -0.845. The molecule has 1 aromatic heterocycles. The predicted octanol–water partition coefficient (Wildman–Crippen LogP) is 0.547. The topological polar surface area (TPSA) is 70.7 Å². The number of aromatic nitrogens is 2. The van der Waals surface area contributed by atoms with Gasteiger partial charge in [-0.25, -0.2) is 0 Å².